The molecule has 1 aliphatic carbocycles. The average Bonchev–Trinajstić information content (AvgIpc) is 3.46. The van der Waals surface area contributed by atoms with Gasteiger partial charge in [-0.1, -0.05) is 74.4 Å². The number of carboxylic acids is 1. The van der Waals surface area contributed by atoms with Gasteiger partial charge in [-0.3, -0.25) is 9.59 Å². The van der Waals surface area contributed by atoms with E-state index < -0.39 is 5.97 Å². The summed E-state index contributed by atoms with van der Waals surface area (Å²) in [6.45, 7) is 4.15. The van der Waals surface area contributed by atoms with E-state index >= 15 is 0 Å². The number of carboxylic acid groups (broad SMARTS) is 1. The molecule has 0 bridgehead atoms. The molecule has 0 radical (unpaired) electrons. The Balaban J connectivity index is 1.51. The lowest BCUT2D eigenvalue weighted by Crippen LogP contribution is -2.26. The average molecular weight is 549 g/mol. The van der Waals surface area contributed by atoms with Gasteiger partial charge in [0.1, 0.15) is 0 Å². The van der Waals surface area contributed by atoms with Crippen LogP contribution in [0.15, 0.2) is 91.6 Å². The Morgan fingerprint density at radius 2 is 1.68 bits per heavy atom. The van der Waals surface area contributed by atoms with E-state index in [9.17, 15) is 9.59 Å². The van der Waals surface area contributed by atoms with Gasteiger partial charge in [0.15, 0.2) is 0 Å². The zero-order valence-electron chi connectivity index (χ0n) is 23.1. The molecule has 3 N–H and O–H groups in total. The summed E-state index contributed by atoms with van der Waals surface area (Å²) in [6.07, 6.45) is 9.83. The molecule has 0 spiro atoms. The number of carbonyl (C=O) groups excluding carboxylic acids is 1. The highest BCUT2D eigenvalue weighted by Crippen LogP contribution is 2.41. The number of hydrogen-bond donors (Lipinski definition) is 3. The minimum atomic E-state index is -0.940. The van der Waals surface area contributed by atoms with Crippen LogP contribution in [0.5, 0.6) is 0 Å². The van der Waals surface area contributed by atoms with Crippen molar-refractivity contribution in [3.63, 3.8) is 0 Å². The van der Waals surface area contributed by atoms with Crippen LogP contribution in [0.2, 0.25) is 0 Å². The van der Waals surface area contributed by atoms with Crippen molar-refractivity contribution in [3.8, 4) is 16.9 Å². The Morgan fingerprint density at radius 1 is 0.976 bits per heavy atom. The second-order valence-corrected chi connectivity index (χ2v) is 10.5. The molecule has 1 fully saturated rings. The highest BCUT2D eigenvalue weighted by molar-refractivity contribution is 5.94. The fourth-order valence-corrected chi connectivity index (χ4v) is 5.63. The molecule has 210 valence electrons. The predicted molar refractivity (Wildman–Crippen MR) is 163 cm³/mol. The van der Waals surface area contributed by atoms with Crippen LogP contribution in [0.3, 0.4) is 0 Å². The molecule has 1 amide bonds. The molecule has 1 aliphatic rings. The van der Waals surface area contributed by atoms with Crippen molar-refractivity contribution >= 4 is 23.6 Å². The minimum Gasteiger partial charge on any atom is -0.481 e. The topological polar surface area (TPSA) is 96.3 Å². The van der Waals surface area contributed by atoms with Gasteiger partial charge in [0, 0.05) is 35.1 Å². The molecule has 7 heteroatoms. The van der Waals surface area contributed by atoms with E-state index in [0.29, 0.717) is 11.5 Å². The predicted octanol–water partition coefficient (Wildman–Crippen LogP) is 7.12. The van der Waals surface area contributed by atoms with Crippen LogP contribution in [0.1, 0.15) is 66.1 Å². The van der Waals surface area contributed by atoms with Crippen molar-refractivity contribution in [1.29, 1.82) is 0 Å². The smallest absolute Gasteiger partial charge is 0.305 e. The molecule has 1 unspecified atom stereocenters. The van der Waals surface area contributed by atoms with Gasteiger partial charge in [-0.15, -0.1) is 0 Å². The van der Waals surface area contributed by atoms with Crippen molar-refractivity contribution in [3.05, 3.63) is 108 Å². The Morgan fingerprint density at radius 3 is 2.39 bits per heavy atom. The van der Waals surface area contributed by atoms with Crippen LogP contribution in [-0.2, 0) is 4.79 Å². The quantitative estimate of drug-likeness (QED) is 0.185. The molecule has 1 aromatic heterocycles. The standard InChI is InChI=1S/C34H36N4O3/c1-2-24-11-9-10-16-29(24)33-30(23-38(37-33)28-14-7-4-8-15-28)32(25-12-5-3-6-13-25)36-27-19-17-26(18-20-27)34(41)35-22-21-31(39)40/h2,4,7-11,14-20,23,25,32,36H,1,3,5-6,12-13,21-22H2,(H,35,41)(H,39,40). The molecule has 1 saturated carbocycles. The van der Waals surface area contributed by atoms with Gasteiger partial charge in [0.05, 0.1) is 23.8 Å². The van der Waals surface area contributed by atoms with Crippen LogP contribution >= 0.6 is 0 Å². The maximum absolute atomic E-state index is 12.5. The van der Waals surface area contributed by atoms with Crippen molar-refractivity contribution in [2.24, 2.45) is 5.92 Å². The number of benzene rings is 3. The number of nitrogens with one attached hydrogen (secondary N) is 2. The van der Waals surface area contributed by atoms with Crippen LogP contribution in [0.4, 0.5) is 5.69 Å². The number of aliphatic carboxylic acids is 1. The fraction of sp³-hybridized carbons (Fsp3) is 0.265. The van der Waals surface area contributed by atoms with Crippen molar-refractivity contribution in [2.75, 3.05) is 11.9 Å². The van der Waals surface area contributed by atoms with E-state index in [1.54, 1.807) is 12.1 Å². The summed E-state index contributed by atoms with van der Waals surface area (Å²) in [5.74, 6) is -0.802. The van der Waals surface area contributed by atoms with Gasteiger partial charge >= 0.3 is 5.97 Å². The Labute approximate surface area is 240 Å². The number of hydrogen-bond acceptors (Lipinski definition) is 4. The summed E-state index contributed by atoms with van der Waals surface area (Å²) in [6, 6.07) is 25.8. The molecule has 41 heavy (non-hydrogen) atoms. The Bertz CT molecular complexity index is 1490. The highest BCUT2D eigenvalue weighted by Gasteiger charge is 2.30. The first-order valence-electron chi connectivity index (χ1n) is 14.3. The third-order valence-corrected chi connectivity index (χ3v) is 7.75. The number of aromatic nitrogens is 2. The number of carbonyl (C=O) groups is 2. The number of nitrogens with zero attached hydrogens (tertiary/aromatic N) is 2. The molecular weight excluding hydrogens is 512 g/mol. The van der Waals surface area contributed by atoms with Gasteiger partial charge in [-0.2, -0.15) is 5.10 Å². The van der Waals surface area contributed by atoms with Gasteiger partial charge in [0.25, 0.3) is 5.91 Å². The summed E-state index contributed by atoms with van der Waals surface area (Å²) in [7, 11) is 0. The van der Waals surface area contributed by atoms with Gasteiger partial charge in [-0.05, 0) is 60.7 Å². The molecule has 4 aromatic rings. The second kappa shape index (κ2) is 13.1. The van der Waals surface area contributed by atoms with Crippen LogP contribution in [0, 0.1) is 5.92 Å². The van der Waals surface area contributed by atoms with Gasteiger partial charge in [-0.25, -0.2) is 4.68 Å². The molecule has 0 aliphatic heterocycles. The number of para-hydroxylation sites is 1. The molecule has 1 heterocycles. The lowest BCUT2D eigenvalue weighted by Gasteiger charge is -2.32. The van der Waals surface area contributed by atoms with Crippen molar-refractivity contribution in [1.82, 2.24) is 15.1 Å². The van der Waals surface area contributed by atoms with E-state index in [2.05, 4.69) is 47.7 Å². The second-order valence-electron chi connectivity index (χ2n) is 10.5. The zero-order chi connectivity index (χ0) is 28.6. The van der Waals surface area contributed by atoms with Crippen LogP contribution in [0.25, 0.3) is 23.0 Å². The number of amides is 1. The lowest BCUT2D eigenvalue weighted by atomic mass is 9.80. The van der Waals surface area contributed by atoms with Gasteiger partial charge in [0.2, 0.25) is 0 Å². The molecular formula is C34H36N4O3. The van der Waals surface area contributed by atoms with E-state index in [1.807, 2.05) is 53.2 Å². The molecule has 5 rings (SSSR count). The fourth-order valence-electron chi connectivity index (χ4n) is 5.63. The summed E-state index contributed by atoms with van der Waals surface area (Å²) < 4.78 is 1.96. The van der Waals surface area contributed by atoms with Crippen LogP contribution < -0.4 is 10.6 Å². The minimum absolute atomic E-state index is 0.0101. The Hall–Kier alpha value is -4.65. The SMILES string of the molecule is C=Cc1ccccc1-c1nn(-c2ccccc2)cc1C(Nc1ccc(C(=O)NCCC(=O)O)cc1)C1CCCCC1. The summed E-state index contributed by atoms with van der Waals surface area (Å²) in [4.78, 5) is 23.3. The largest absolute Gasteiger partial charge is 0.481 e. The Kier molecular flexibility index (Phi) is 8.94. The molecule has 1 atom stereocenters. The van der Waals surface area contributed by atoms with E-state index in [1.165, 1.54) is 19.3 Å². The van der Waals surface area contributed by atoms with E-state index in [4.69, 9.17) is 10.2 Å². The zero-order valence-corrected chi connectivity index (χ0v) is 23.1. The van der Waals surface area contributed by atoms with Gasteiger partial charge < -0.3 is 15.7 Å². The number of rotatable bonds is 11. The summed E-state index contributed by atoms with van der Waals surface area (Å²) >= 11 is 0. The first-order valence-corrected chi connectivity index (χ1v) is 14.3. The van der Waals surface area contributed by atoms with Crippen molar-refractivity contribution in [2.45, 2.75) is 44.6 Å². The number of anilines is 1. The van der Waals surface area contributed by atoms with E-state index in [-0.39, 0.29) is 24.9 Å². The first kappa shape index (κ1) is 27.9. The summed E-state index contributed by atoms with van der Waals surface area (Å²) in [5, 5.41) is 20.4. The highest BCUT2D eigenvalue weighted by atomic mass is 16.4. The summed E-state index contributed by atoms with van der Waals surface area (Å²) in [5.41, 5.74) is 6.55. The normalized spacial score (nSPS) is 14.2. The maximum Gasteiger partial charge on any atom is 0.305 e. The maximum atomic E-state index is 12.5. The molecule has 3 aromatic carbocycles. The lowest BCUT2D eigenvalue weighted by molar-refractivity contribution is -0.136. The van der Waals surface area contributed by atoms with Crippen LogP contribution in [-0.4, -0.2) is 33.3 Å². The molecule has 7 nitrogen and oxygen atoms in total. The first-order chi connectivity index (χ1) is 20.0. The van der Waals surface area contributed by atoms with Crippen molar-refractivity contribution < 1.29 is 14.7 Å². The monoisotopic (exact) mass is 548 g/mol. The third-order valence-electron chi connectivity index (χ3n) is 7.75. The van der Waals surface area contributed by atoms with E-state index in [0.717, 1.165) is 46.6 Å². The molecule has 0 saturated heterocycles. The third kappa shape index (κ3) is 6.74.